The van der Waals surface area contributed by atoms with Crippen molar-refractivity contribution in [2.24, 2.45) is 0 Å². The molecular weight excluding hydrogens is 277 g/mol. The highest BCUT2D eigenvalue weighted by Crippen LogP contribution is 2.44. The minimum absolute atomic E-state index is 0.229. The van der Waals surface area contributed by atoms with Crippen molar-refractivity contribution in [3.05, 3.63) is 60.2 Å². The average molecular weight is 292 g/mol. The molecule has 21 heavy (non-hydrogen) atoms. The third-order valence-electron chi connectivity index (χ3n) is 3.72. The SMILES string of the molecule is CN1c2ccccc2N(Cc2ccccc2)C1C(F)(F)F. The zero-order valence-corrected chi connectivity index (χ0v) is 11.5. The number of fused-ring (bicyclic) bond motifs is 1. The number of anilines is 2. The Kier molecular flexibility index (Phi) is 3.27. The lowest BCUT2D eigenvalue weighted by Gasteiger charge is -2.32. The van der Waals surface area contributed by atoms with Crippen LogP contribution in [0.15, 0.2) is 54.6 Å². The molecular formula is C16H15F3N2. The fourth-order valence-electron chi connectivity index (χ4n) is 2.83. The van der Waals surface area contributed by atoms with Gasteiger partial charge in [-0.2, -0.15) is 13.2 Å². The fraction of sp³-hybridized carbons (Fsp3) is 0.250. The highest BCUT2D eigenvalue weighted by atomic mass is 19.4. The summed E-state index contributed by atoms with van der Waals surface area (Å²) in [5, 5.41) is 0. The first kappa shape index (κ1) is 13.8. The van der Waals surface area contributed by atoms with E-state index >= 15 is 0 Å². The molecule has 0 fully saturated rings. The maximum Gasteiger partial charge on any atom is 0.427 e. The van der Waals surface area contributed by atoms with Crippen LogP contribution in [0.3, 0.4) is 0 Å². The molecule has 0 N–H and O–H groups in total. The van der Waals surface area contributed by atoms with Crippen molar-refractivity contribution >= 4 is 11.4 Å². The first-order valence-corrected chi connectivity index (χ1v) is 6.67. The third-order valence-corrected chi connectivity index (χ3v) is 3.72. The van der Waals surface area contributed by atoms with Gasteiger partial charge in [0.25, 0.3) is 0 Å². The molecule has 3 rings (SSSR count). The molecule has 2 aromatic rings. The molecule has 1 aliphatic rings. The van der Waals surface area contributed by atoms with Crippen LogP contribution in [0.4, 0.5) is 24.5 Å². The van der Waals surface area contributed by atoms with Gasteiger partial charge in [0.05, 0.1) is 11.4 Å². The Morgan fingerprint density at radius 3 is 2.10 bits per heavy atom. The van der Waals surface area contributed by atoms with Gasteiger partial charge in [-0.3, -0.25) is 0 Å². The quantitative estimate of drug-likeness (QED) is 0.824. The molecule has 0 saturated heterocycles. The first-order valence-electron chi connectivity index (χ1n) is 6.67. The Morgan fingerprint density at radius 1 is 0.905 bits per heavy atom. The van der Waals surface area contributed by atoms with Gasteiger partial charge in [0.1, 0.15) is 0 Å². The monoisotopic (exact) mass is 292 g/mol. The number of alkyl halides is 3. The molecule has 0 spiro atoms. The van der Waals surface area contributed by atoms with Crippen LogP contribution in [0.1, 0.15) is 5.56 Å². The number of halogens is 3. The maximum absolute atomic E-state index is 13.4. The van der Waals surface area contributed by atoms with E-state index in [-0.39, 0.29) is 6.54 Å². The highest BCUT2D eigenvalue weighted by Gasteiger charge is 2.51. The van der Waals surface area contributed by atoms with E-state index in [9.17, 15) is 13.2 Å². The first-order chi connectivity index (χ1) is 9.98. The molecule has 0 amide bonds. The lowest BCUT2D eigenvalue weighted by atomic mass is 10.2. The largest absolute Gasteiger partial charge is 0.427 e. The molecule has 5 heteroatoms. The minimum atomic E-state index is -4.32. The van der Waals surface area contributed by atoms with Gasteiger partial charge in [-0.05, 0) is 17.7 Å². The van der Waals surface area contributed by atoms with Crippen LogP contribution in [-0.4, -0.2) is 19.4 Å². The number of nitrogens with zero attached hydrogens (tertiary/aromatic N) is 2. The lowest BCUT2D eigenvalue weighted by molar-refractivity contribution is -0.146. The standard InChI is InChI=1S/C16H15F3N2/c1-20-13-9-5-6-10-14(13)21(15(20)16(17,18)19)11-12-7-3-2-4-8-12/h2-10,15H,11H2,1H3. The van der Waals surface area contributed by atoms with Crippen LogP contribution in [0.2, 0.25) is 0 Å². The smallest absolute Gasteiger partial charge is 0.345 e. The van der Waals surface area contributed by atoms with Gasteiger partial charge in [-0.15, -0.1) is 0 Å². The summed E-state index contributed by atoms with van der Waals surface area (Å²) in [4.78, 5) is 2.70. The van der Waals surface area contributed by atoms with Crippen LogP contribution in [0.25, 0.3) is 0 Å². The van der Waals surface area contributed by atoms with Crippen LogP contribution in [0.5, 0.6) is 0 Å². The van der Waals surface area contributed by atoms with Gasteiger partial charge in [0.15, 0.2) is 0 Å². The Morgan fingerprint density at radius 2 is 1.48 bits per heavy atom. The van der Waals surface area contributed by atoms with Crippen molar-refractivity contribution < 1.29 is 13.2 Å². The Balaban J connectivity index is 2.02. The van der Waals surface area contributed by atoms with Gasteiger partial charge in [-0.1, -0.05) is 42.5 Å². The third kappa shape index (κ3) is 2.44. The number of hydrogen-bond acceptors (Lipinski definition) is 2. The predicted molar refractivity (Wildman–Crippen MR) is 77.3 cm³/mol. The summed E-state index contributed by atoms with van der Waals surface area (Å²) in [6.07, 6.45) is -5.95. The summed E-state index contributed by atoms with van der Waals surface area (Å²) in [5.41, 5.74) is 2.08. The molecule has 1 atom stereocenters. The summed E-state index contributed by atoms with van der Waals surface area (Å²) in [6.45, 7) is 0.229. The topological polar surface area (TPSA) is 6.48 Å². The van der Waals surface area contributed by atoms with Crippen molar-refractivity contribution in [1.29, 1.82) is 0 Å². The van der Waals surface area contributed by atoms with Crippen molar-refractivity contribution in [1.82, 2.24) is 0 Å². The number of rotatable bonds is 2. The molecule has 110 valence electrons. The van der Waals surface area contributed by atoms with Crippen molar-refractivity contribution in [3.8, 4) is 0 Å². The molecule has 0 aliphatic carbocycles. The summed E-state index contributed by atoms with van der Waals surface area (Å²) >= 11 is 0. The van der Waals surface area contributed by atoms with Crippen molar-refractivity contribution in [3.63, 3.8) is 0 Å². The summed E-state index contributed by atoms with van der Waals surface area (Å²) in [7, 11) is 1.49. The Hall–Kier alpha value is -2.17. The molecule has 0 radical (unpaired) electrons. The van der Waals surface area contributed by atoms with Crippen molar-refractivity contribution in [2.75, 3.05) is 16.8 Å². The van der Waals surface area contributed by atoms with E-state index in [0.29, 0.717) is 11.4 Å². The number of hydrogen-bond donors (Lipinski definition) is 0. The van der Waals surface area contributed by atoms with E-state index in [1.54, 1.807) is 24.3 Å². The van der Waals surface area contributed by atoms with Crippen molar-refractivity contribution in [2.45, 2.75) is 18.9 Å². The Labute approximate surface area is 121 Å². The second-order valence-electron chi connectivity index (χ2n) is 5.13. The van der Waals surface area contributed by atoms with Gasteiger partial charge >= 0.3 is 6.18 Å². The Bertz CT molecular complexity index is 625. The van der Waals surface area contributed by atoms with E-state index in [2.05, 4.69) is 0 Å². The van der Waals surface area contributed by atoms with E-state index in [1.165, 1.54) is 16.8 Å². The number of para-hydroxylation sites is 2. The molecule has 2 aromatic carbocycles. The summed E-state index contributed by atoms with van der Waals surface area (Å²) in [6, 6.07) is 16.2. The van der Waals surface area contributed by atoms with Gasteiger partial charge < -0.3 is 9.80 Å². The zero-order valence-electron chi connectivity index (χ0n) is 11.5. The van der Waals surface area contributed by atoms with E-state index in [4.69, 9.17) is 0 Å². The molecule has 2 nitrogen and oxygen atoms in total. The van der Waals surface area contributed by atoms with E-state index in [0.717, 1.165) is 5.56 Å². The number of benzene rings is 2. The molecule has 1 heterocycles. The molecule has 1 unspecified atom stereocenters. The predicted octanol–water partition coefficient (Wildman–Crippen LogP) is 4.03. The highest BCUT2D eigenvalue weighted by molar-refractivity contribution is 5.77. The normalized spacial score (nSPS) is 18.0. The molecule has 1 aliphatic heterocycles. The van der Waals surface area contributed by atoms with Crippen LogP contribution >= 0.6 is 0 Å². The van der Waals surface area contributed by atoms with E-state index in [1.807, 2.05) is 30.3 Å². The van der Waals surface area contributed by atoms with Crippen LogP contribution < -0.4 is 9.80 Å². The minimum Gasteiger partial charge on any atom is -0.345 e. The summed E-state index contributed by atoms with van der Waals surface area (Å²) < 4.78 is 40.3. The summed E-state index contributed by atoms with van der Waals surface area (Å²) in [5.74, 6) is 0. The second kappa shape index (κ2) is 4.98. The molecule has 0 saturated carbocycles. The van der Waals surface area contributed by atoms with Gasteiger partial charge in [0, 0.05) is 13.6 Å². The van der Waals surface area contributed by atoms with Crippen LogP contribution in [0, 0.1) is 0 Å². The lowest BCUT2D eigenvalue weighted by Crippen LogP contribution is -2.51. The zero-order chi connectivity index (χ0) is 15.0. The second-order valence-corrected chi connectivity index (χ2v) is 5.13. The van der Waals surface area contributed by atoms with Gasteiger partial charge in [0.2, 0.25) is 6.17 Å². The maximum atomic E-state index is 13.4. The molecule has 0 bridgehead atoms. The van der Waals surface area contributed by atoms with E-state index < -0.39 is 12.3 Å². The fourth-order valence-corrected chi connectivity index (χ4v) is 2.83. The molecule has 0 aromatic heterocycles. The van der Waals surface area contributed by atoms with Crippen LogP contribution in [-0.2, 0) is 6.54 Å². The average Bonchev–Trinajstić information content (AvgIpc) is 2.73. The van der Waals surface area contributed by atoms with Gasteiger partial charge in [-0.25, -0.2) is 0 Å².